The first-order valence-electron chi connectivity index (χ1n) is 9.34. The van der Waals surface area contributed by atoms with Crippen molar-refractivity contribution in [2.75, 3.05) is 21.7 Å². The van der Waals surface area contributed by atoms with E-state index < -0.39 is 5.97 Å². The lowest BCUT2D eigenvalue weighted by molar-refractivity contribution is -0.110. The fraction of sp³-hybridized carbons (Fsp3) is 0. The first-order valence-corrected chi connectivity index (χ1v) is 9.34. The first kappa shape index (κ1) is 19.7. The van der Waals surface area contributed by atoms with Gasteiger partial charge in [-0.2, -0.15) is 0 Å². The SMILES string of the molecule is Nc1ccccc1NC(=O)c1ccc(NC=C2C(=O)Nc3ccc(C(=O)O)cc32)cc1. The highest BCUT2D eigenvalue weighted by molar-refractivity contribution is 6.32. The van der Waals surface area contributed by atoms with Gasteiger partial charge in [0, 0.05) is 28.7 Å². The Labute approximate surface area is 177 Å². The molecule has 8 nitrogen and oxygen atoms in total. The molecule has 4 rings (SSSR count). The molecule has 0 unspecified atom stereocenters. The zero-order chi connectivity index (χ0) is 22.0. The molecule has 0 aromatic heterocycles. The van der Waals surface area contributed by atoms with Gasteiger partial charge in [-0.05, 0) is 54.6 Å². The lowest BCUT2D eigenvalue weighted by atomic mass is 10.0. The maximum absolute atomic E-state index is 12.4. The van der Waals surface area contributed by atoms with Gasteiger partial charge in [-0.25, -0.2) is 4.79 Å². The predicted octanol–water partition coefficient (Wildman–Crippen LogP) is 3.62. The number of aromatic carboxylic acids is 1. The summed E-state index contributed by atoms with van der Waals surface area (Å²) in [5.74, 6) is -1.70. The number of amides is 2. The van der Waals surface area contributed by atoms with E-state index in [-0.39, 0.29) is 17.4 Å². The number of benzene rings is 3. The van der Waals surface area contributed by atoms with Crippen LogP contribution in [0.4, 0.5) is 22.7 Å². The van der Waals surface area contributed by atoms with Gasteiger partial charge >= 0.3 is 5.97 Å². The van der Waals surface area contributed by atoms with E-state index in [4.69, 9.17) is 5.73 Å². The minimum Gasteiger partial charge on any atom is -0.478 e. The van der Waals surface area contributed by atoms with E-state index in [2.05, 4.69) is 16.0 Å². The number of carboxylic acids is 1. The molecule has 1 aliphatic heterocycles. The monoisotopic (exact) mass is 414 g/mol. The molecule has 6 N–H and O–H groups in total. The van der Waals surface area contributed by atoms with Crippen molar-refractivity contribution in [1.29, 1.82) is 0 Å². The number of fused-ring (bicyclic) bond motifs is 1. The second kappa shape index (κ2) is 8.03. The molecule has 3 aromatic carbocycles. The van der Waals surface area contributed by atoms with Crippen molar-refractivity contribution in [3.8, 4) is 0 Å². The van der Waals surface area contributed by atoms with Crippen LogP contribution in [0.1, 0.15) is 26.3 Å². The fourth-order valence-electron chi connectivity index (χ4n) is 3.14. The average molecular weight is 414 g/mol. The van der Waals surface area contributed by atoms with Gasteiger partial charge in [0.15, 0.2) is 0 Å². The number of anilines is 4. The van der Waals surface area contributed by atoms with Crippen LogP contribution in [0.2, 0.25) is 0 Å². The van der Waals surface area contributed by atoms with E-state index >= 15 is 0 Å². The molecule has 8 heteroatoms. The Morgan fingerprint density at radius 1 is 0.968 bits per heavy atom. The van der Waals surface area contributed by atoms with E-state index in [1.54, 1.807) is 54.6 Å². The second-order valence-electron chi connectivity index (χ2n) is 6.84. The van der Waals surface area contributed by atoms with Gasteiger partial charge in [0.25, 0.3) is 11.8 Å². The van der Waals surface area contributed by atoms with E-state index in [9.17, 15) is 19.5 Å². The third-order valence-corrected chi connectivity index (χ3v) is 4.79. The normalized spacial score (nSPS) is 13.4. The van der Waals surface area contributed by atoms with Gasteiger partial charge in [0.05, 0.1) is 22.5 Å². The summed E-state index contributed by atoms with van der Waals surface area (Å²) in [6, 6.07) is 18.1. The highest BCUT2D eigenvalue weighted by Crippen LogP contribution is 2.32. The molecular formula is C23H18N4O4. The number of nitrogens with two attached hydrogens (primary N) is 1. The summed E-state index contributed by atoms with van der Waals surface area (Å²) < 4.78 is 0. The molecule has 0 bridgehead atoms. The van der Waals surface area contributed by atoms with Gasteiger partial charge in [-0.1, -0.05) is 12.1 Å². The van der Waals surface area contributed by atoms with Crippen molar-refractivity contribution < 1.29 is 19.5 Å². The Morgan fingerprint density at radius 2 is 1.68 bits per heavy atom. The average Bonchev–Trinajstić information content (AvgIpc) is 3.08. The third-order valence-electron chi connectivity index (χ3n) is 4.79. The smallest absolute Gasteiger partial charge is 0.335 e. The van der Waals surface area contributed by atoms with Crippen molar-refractivity contribution >= 4 is 46.1 Å². The molecule has 0 aliphatic carbocycles. The molecule has 0 fully saturated rings. The third kappa shape index (κ3) is 4.08. The van der Waals surface area contributed by atoms with Crippen LogP contribution < -0.4 is 21.7 Å². The molecule has 154 valence electrons. The molecule has 3 aromatic rings. The maximum Gasteiger partial charge on any atom is 0.335 e. The second-order valence-corrected chi connectivity index (χ2v) is 6.84. The summed E-state index contributed by atoms with van der Waals surface area (Å²) in [6.45, 7) is 0. The summed E-state index contributed by atoms with van der Waals surface area (Å²) in [6.07, 6.45) is 1.51. The Bertz CT molecular complexity index is 1230. The summed E-state index contributed by atoms with van der Waals surface area (Å²) in [7, 11) is 0. The van der Waals surface area contributed by atoms with Crippen LogP contribution in [0.3, 0.4) is 0 Å². The number of carboxylic acid groups (broad SMARTS) is 1. The van der Waals surface area contributed by atoms with Gasteiger partial charge in [-0.3, -0.25) is 9.59 Å². The number of para-hydroxylation sites is 2. The predicted molar refractivity (Wildman–Crippen MR) is 119 cm³/mol. The van der Waals surface area contributed by atoms with E-state index in [0.717, 1.165) is 0 Å². The van der Waals surface area contributed by atoms with Crippen molar-refractivity contribution in [2.24, 2.45) is 0 Å². The number of carbonyl (C=O) groups excluding carboxylic acids is 2. The summed E-state index contributed by atoms with van der Waals surface area (Å²) in [4.78, 5) is 35.9. The van der Waals surface area contributed by atoms with Gasteiger partial charge < -0.3 is 26.8 Å². The molecule has 0 radical (unpaired) electrons. The summed E-state index contributed by atoms with van der Waals surface area (Å²) >= 11 is 0. The Morgan fingerprint density at radius 3 is 2.39 bits per heavy atom. The zero-order valence-electron chi connectivity index (χ0n) is 16.2. The number of hydrogen-bond donors (Lipinski definition) is 5. The van der Waals surface area contributed by atoms with Crippen LogP contribution >= 0.6 is 0 Å². The maximum atomic E-state index is 12.4. The molecule has 0 atom stereocenters. The molecule has 1 aliphatic rings. The summed E-state index contributed by atoms with van der Waals surface area (Å²) in [5.41, 5.74) is 9.42. The Kier molecular flexibility index (Phi) is 5.11. The van der Waals surface area contributed by atoms with E-state index in [1.165, 1.54) is 18.3 Å². The largest absolute Gasteiger partial charge is 0.478 e. The molecule has 1 heterocycles. The van der Waals surface area contributed by atoms with Crippen LogP contribution in [0.15, 0.2) is 72.9 Å². The van der Waals surface area contributed by atoms with Crippen molar-refractivity contribution in [2.45, 2.75) is 0 Å². The van der Waals surface area contributed by atoms with E-state index in [0.29, 0.717) is 39.4 Å². The van der Waals surface area contributed by atoms with E-state index in [1.807, 2.05) is 0 Å². The number of nitrogen functional groups attached to an aromatic ring is 1. The molecule has 0 saturated heterocycles. The highest BCUT2D eigenvalue weighted by Gasteiger charge is 2.25. The van der Waals surface area contributed by atoms with Gasteiger partial charge in [0.1, 0.15) is 0 Å². The molecule has 31 heavy (non-hydrogen) atoms. The lowest BCUT2D eigenvalue weighted by Gasteiger charge is -2.08. The van der Waals surface area contributed by atoms with Crippen LogP contribution in [0, 0.1) is 0 Å². The standard InChI is InChI=1S/C23H18N4O4/c24-18-3-1-2-4-20(18)27-21(28)13-5-8-15(9-6-13)25-12-17-16-11-14(23(30)31)7-10-19(16)26-22(17)29/h1-12,25H,24H2,(H,26,29)(H,27,28)(H,30,31). The minimum atomic E-state index is -1.07. The Balaban J connectivity index is 1.49. The van der Waals surface area contributed by atoms with Gasteiger partial charge in [0.2, 0.25) is 0 Å². The topological polar surface area (TPSA) is 134 Å². The van der Waals surface area contributed by atoms with Crippen LogP contribution in [0.5, 0.6) is 0 Å². The number of nitrogens with one attached hydrogen (secondary N) is 3. The van der Waals surface area contributed by atoms with Crippen molar-refractivity contribution in [1.82, 2.24) is 0 Å². The number of carbonyl (C=O) groups is 3. The van der Waals surface area contributed by atoms with Crippen LogP contribution in [0.25, 0.3) is 5.57 Å². The molecular weight excluding hydrogens is 396 g/mol. The Hall–Kier alpha value is -4.59. The van der Waals surface area contributed by atoms with Crippen molar-refractivity contribution in [3.05, 3.63) is 89.6 Å². The fourth-order valence-corrected chi connectivity index (χ4v) is 3.14. The van der Waals surface area contributed by atoms with Crippen molar-refractivity contribution in [3.63, 3.8) is 0 Å². The number of hydrogen-bond acceptors (Lipinski definition) is 5. The number of rotatable bonds is 5. The van der Waals surface area contributed by atoms with Gasteiger partial charge in [-0.15, -0.1) is 0 Å². The lowest BCUT2D eigenvalue weighted by Crippen LogP contribution is -2.13. The quantitative estimate of drug-likeness (QED) is 0.320. The molecule has 2 amide bonds. The summed E-state index contributed by atoms with van der Waals surface area (Å²) in [5, 5.41) is 17.6. The van der Waals surface area contributed by atoms with Crippen LogP contribution in [-0.2, 0) is 4.79 Å². The minimum absolute atomic E-state index is 0.0931. The highest BCUT2D eigenvalue weighted by atomic mass is 16.4. The first-order chi connectivity index (χ1) is 14.9. The molecule has 0 saturated carbocycles. The zero-order valence-corrected chi connectivity index (χ0v) is 16.2. The van der Waals surface area contributed by atoms with Crippen LogP contribution in [-0.4, -0.2) is 22.9 Å². The molecule has 0 spiro atoms.